The van der Waals surface area contributed by atoms with Gasteiger partial charge in [-0.1, -0.05) is 23.4 Å². The van der Waals surface area contributed by atoms with E-state index in [1.165, 1.54) is 6.21 Å². The highest BCUT2D eigenvalue weighted by atomic mass is 79.9. The number of anilines is 1. The molecule has 0 fully saturated rings. The molecule has 0 heterocycles. The molecular weight excluding hydrogens is 416 g/mol. The number of carbonyl (C=O) groups is 1. The maximum absolute atomic E-state index is 11.9. The Balaban J connectivity index is 2.01. The smallest absolute Gasteiger partial charge is 0.262 e. The van der Waals surface area contributed by atoms with Crippen molar-refractivity contribution in [3.63, 3.8) is 0 Å². The Hall–Kier alpha value is -1.86. The van der Waals surface area contributed by atoms with Crippen molar-refractivity contribution in [3.05, 3.63) is 57.0 Å². The average Bonchev–Trinajstić information content (AvgIpc) is 2.47. The standard InChI is InChI=1S/C15H12Br2N2O3/c16-12-6-10(8-18-21)7-13(17)15(12)22-9-14(20)19-11-4-2-1-3-5-11/h1-8,21H,9H2,(H,19,20)/b18-8+. The first kappa shape index (κ1) is 16.5. The molecule has 0 aliphatic heterocycles. The van der Waals surface area contributed by atoms with Crippen LogP contribution in [-0.4, -0.2) is 23.9 Å². The monoisotopic (exact) mass is 426 g/mol. The second kappa shape index (κ2) is 7.95. The van der Waals surface area contributed by atoms with Crippen molar-refractivity contribution < 1.29 is 14.7 Å². The lowest BCUT2D eigenvalue weighted by molar-refractivity contribution is -0.118. The van der Waals surface area contributed by atoms with Crippen LogP contribution in [0, 0.1) is 0 Å². The topological polar surface area (TPSA) is 70.9 Å². The molecule has 0 aliphatic rings. The largest absolute Gasteiger partial charge is 0.481 e. The molecule has 2 rings (SSSR count). The Kier molecular flexibility index (Phi) is 5.97. The highest BCUT2D eigenvalue weighted by Gasteiger charge is 2.11. The fourth-order valence-corrected chi connectivity index (χ4v) is 3.17. The highest BCUT2D eigenvalue weighted by molar-refractivity contribution is 9.11. The molecule has 0 spiro atoms. The number of ether oxygens (including phenoxy) is 1. The molecule has 2 aromatic rings. The SMILES string of the molecule is O=C(COc1c(Br)cc(/C=N/O)cc1Br)Nc1ccccc1. The minimum atomic E-state index is -0.258. The summed E-state index contributed by atoms with van der Waals surface area (Å²) >= 11 is 6.71. The number of nitrogens with zero attached hydrogens (tertiary/aromatic N) is 1. The van der Waals surface area contributed by atoms with Crippen LogP contribution in [0.1, 0.15) is 5.56 Å². The first-order valence-electron chi connectivity index (χ1n) is 6.24. The first-order chi connectivity index (χ1) is 10.6. The maximum Gasteiger partial charge on any atom is 0.262 e. The summed E-state index contributed by atoms with van der Waals surface area (Å²) in [5, 5.41) is 14.2. The third kappa shape index (κ3) is 4.57. The fourth-order valence-electron chi connectivity index (χ4n) is 1.71. The van der Waals surface area contributed by atoms with Crippen LogP contribution in [0.25, 0.3) is 0 Å². The molecule has 0 saturated heterocycles. The van der Waals surface area contributed by atoms with Gasteiger partial charge in [0, 0.05) is 5.69 Å². The average molecular weight is 428 g/mol. The van der Waals surface area contributed by atoms with Crippen molar-refractivity contribution in [2.24, 2.45) is 5.16 Å². The van der Waals surface area contributed by atoms with E-state index in [1.54, 1.807) is 24.3 Å². The Morgan fingerprint density at radius 3 is 2.45 bits per heavy atom. The highest BCUT2D eigenvalue weighted by Crippen LogP contribution is 2.34. The summed E-state index contributed by atoms with van der Waals surface area (Å²) in [7, 11) is 0. The molecule has 0 aliphatic carbocycles. The molecule has 0 aromatic heterocycles. The lowest BCUT2D eigenvalue weighted by Crippen LogP contribution is -2.20. The van der Waals surface area contributed by atoms with Gasteiger partial charge in [0.1, 0.15) is 5.75 Å². The summed E-state index contributed by atoms with van der Waals surface area (Å²) in [6.07, 6.45) is 1.29. The molecule has 0 unspecified atom stereocenters. The van der Waals surface area contributed by atoms with Crippen LogP contribution in [0.5, 0.6) is 5.75 Å². The van der Waals surface area contributed by atoms with Gasteiger partial charge in [0.2, 0.25) is 0 Å². The van der Waals surface area contributed by atoms with Gasteiger partial charge < -0.3 is 15.3 Å². The van der Waals surface area contributed by atoms with E-state index in [0.29, 0.717) is 25.9 Å². The quantitative estimate of drug-likeness (QED) is 0.429. The summed E-state index contributed by atoms with van der Waals surface area (Å²) in [5.41, 5.74) is 1.39. The van der Waals surface area contributed by atoms with Gasteiger partial charge in [-0.25, -0.2) is 0 Å². The Labute approximate surface area is 144 Å². The predicted molar refractivity (Wildman–Crippen MR) is 91.8 cm³/mol. The second-order valence-corrected chi connectivity index (χ2v) is 5.97. The number of oxime groups is 1. The number of carbonyl (C=O) groups excluding carboxylic acids is 1. The molecule has 0 atom stereocenters. The van der Waals surface area contributed by atoms with Gasteiger partial charge in [0.05, 0.1) is 15.2 Å². The van der Waals surface area contributed by atoms with Gasteiger partial charge in [-0.15, -0.1) is 0 Å². The van der Waals surface area contributed by atoms with E-state index in [2.05, 4.69) is 42.3 Å². The molecule has 114 valence electrons. The molecule has 5 nitrogen and oxygen atoms in total. The molecule has 0 bridgehead atoms. The summed E-state index contributed by atoms with van der Waals surface area (Å²) in [6.45, 7) is -0.125. The van der Waals surface area contributed by atoms with Gasteiger partial charge in [-0.2, -0.15) is 0 Å². The number of para-hydroxylation sites is 1. The van der Waals surface area contributed by atoms with E-state index in [0.717, 1.165) is 0 Å². The number of amides is 1. The zero-order chi connectivity index (χ0) is 15.9. The number of rotatable bonds is 5. The Bertz CT molecular complexity index is 667. The van der Waals surface area contributed by atoms with E-state index in [-0.39, 0.29) is 12.5 Å². The van der Waals surface area contributed by atoms with Gasteiger partial charge in [-0.05, 0) is 61.7 Å². The number of hydrogen-bond donors (Lipinski definition) is 2. The zero-order valence-corrected chi connectivity index (χ0v) is 14.5. The third-order valence-corrected chi connectivity index (χ3v) is 3.81. The van der Waals surface area contributed by atoms with Crippen LogP contribution in [0.15, 0.2) is 56.6 Å². The molecule has 22 heavy (non-hydrogen) atoms. The fraction of sp³-hybridized carbons (Fsp3) is 0.0667. The molecule has 2 N–H and O–H groups in total. The van der Waals surface area contributed by atoms with Crippen LogP contribution in [-0.2, 0) is 4.79 Å². The van der Waals surface area contributed by atoms with E-state index >= 15 is 0 Å². The van der Waals surface area contributed by atoms with Crippen molar-refractivity contribution in [2.75, 3.05) is 11.9 Å². The van der Waals surface area contributed by atoms with Crippen LogP contribution in [0.4, 0.5) is 5.69 Å². The first-order valence-corrected chi connectivity index (χ1v) is 7.83. The van der Waals surface area contributed by atoms with E-state index in [9.17, 15) is 4.79 Å². The number of halogens is 2. The summed E-state index contributed by atoms with van der Waals surface area (Å²) < 4.78 is 6.81. The second-order valence-electron chi connectivity index (χ2n) is 4.26. The molecular formula is C15H12Br2N2O3. The number of nitrogens with one attached hydrogen (secondary N) is 1. The van der Waals surface area contributed by atoms with Gasteiger partial charge in [0.25, 0.3) is 5.91 Å². The van der Waals surface area contributed by atoms with E-state index < -0.39 is 0 Å². The molecule has 2 aromatic carbocycles. The van der Waals surface area contributed by atoms with Crippen LogP contribution < -0.4 is 10.1 Å². The van der Waals surface area contributed by atoms with Crippen molar-refractivity contribution in [1.82, 2.24) is 0 Å². The van der Waals surface area contributed by atoms with Gasteiger partial charge >= 0.3 is 0 Å². The zero-order valence-electron chi connectivity index (χ0n) is 11.3. The van der Waals surface area contributed by atoms with Crippen LogP contribution in [0.2, 0.25) is 0 Å². The van der Waals surface area contributed by atoms with Crippen molar-refractivity contribution in [1.29, 1.82) is 0 Å². The lowest BCUT2D eigenvalue weighted by Gasteiger charge is -2.11. The summed E-state index contributed by atoms with van der Waals surface area (Å²) in [5.74, 6) is 0.240. The minimum Gasteiger partial charge on any atom is -0.481 e. The van der Waals surface area contributed by atoms with Crippen LogP contribution >= 0.6 is 31.9 Å². The van der Waals surface area contributed by atoms with Gasteiger partial charge in [-0.3, -0.25) is 4.79 Å². The lowest BCUT2D eigenvalue weighted by atomic mass is 10.2. The predicted octanol–water partition coefficient (Wildman–Crippen LogP) is 4.04. The normalized spacial score (nSPS) is 10.6. The molecule has 7 heteroatoms. The van der Waals surface area contributed by atoms with E-state index in [1.807, 2.05) is 18.2 Å². The third-order valence-electron chi connectivity index (χ3n) is 2.63. The number of benzene rings is 2. The van der Waals surface area contributed by atoms with E-state index in [4.69, 9.17) is 9.94 Å². The minimum absolute atomic E-state index is 0.125. The molecule has 0 saturated carbocycles. The van der Waals surface area contributed by atoms with Crippen molar-refractivity contribution in [3.8, 4) is 5.75 Å². The van der Waals surface area contributed by atoms with Crippen LogP contribution in [0.3, 0.4) is 0 Å². The molecule has 0 radical (unpaired) electrons. The van der Waals surface area contributed by atoms with Crippen molar-refractivity contribution in [2.45, 2.75) is 0 Å². The molecule has 1 amide bonds. The Morgan fingerprint density at radius 1 is 1.23 bits per heavy atom. The van der Waals surface area contributed by atoms with Gasteiger partial charge in [0.15, 0.2) is 6.61 Å². The maximum atomic E-state index is 11.9. The Morgan fingerprint density at radius 2 is 1.86 bits per heavy atom. The van der Waals surface area contributed by atoms with Crippen molar-refractivity contribution >= 4 is 49.7 Å². The number of hydrogen-bond acceptors (Lipinski definition) is 4. The summed E-state index contributed by atoms with van der Waals surface area (Å²) in [4.78, 5) is 11.9. The summed E-state index contributed by atoms with van der Waals surface area (Å²) in [6, 6.07) is 12.6.